The zero-order valence-electron chi connectivity index (χ0n) is 19.3. The van der Waals surface area contributed by atoms with Gasteiger partial charge in [-0.05, 0) is 31.0 Å². The fourth-order valence-corrected chi connectivity index (χ4v) is 4.44. The molecule has 1 amide bonds. The standard InChI is InChI=1S/C26H26N6O2/c1-31-13-11-28-25(31)22-17-27-16-21(30-22)23-7-5-12-32(23)26(33)19-9-10-20(29-15-19)14-18-6-3-4-8-24(18)34-2/h3-4,6,8-11,13,15-17,23H,5,7,12,14H2,1-2H3. The minimum atomic E-state index is -0.117. The maximum atomic E-state index is 13.4. The van der Waals surface area contributed by atoms with Crippen molar-refractivity contribution in [2.24, 2.45) is 7.05 Å². The van der Waals surface area contributed by atoms with Crippen LogP contribution in [-0.2, 0) is 13.5 Å². The monoisotopic (exact) mass is 454 g/mol. The minimum Gasteiger partial charge on any atom is -0.496 e. The van der Waals surface area contributed by atoms with Gasteiger partial charge in [0.25, 0.3) is 5.91 Å². The molecule has 3 aromatic heterocycles. The van der Waals surface area contributed by atoms with Crippen LogP contribution in [0, 0.1) is 0 Å². The van der Waals surface area contributed by atoms with Crippen molar-refractivity contribution in [1.82, 2.24) is 29.4 Å². The quantitative estimate of drug-likeness (QED) is 0.440. The summed E-state index contributed by atoms with van der Waals surface area (Å²) in [6.45, 7) is 0.681. The molecule has 0 bridgehead atoms. The molecule has 0 spiro atoms. The van der Waals surface area contributed by atoms with E-state index in [1.165, 1.54) is 0 Å². The van der Waals surface area contributed by atoms with Crippen LogP contribution < -0.4 is 4.74 Å². The molecule has 4 heterocycles. The van der Waals surface area contributed by atoms with E-state index in [4.69, 9.17) is 9.72 Å². The Hall–Kier alpha value is -4.07. The molecule has 1 atom stereocenters. The first kappa shape index (κ1) is 21.8. The van der Waals surface area contributed by atoms with Crippen molar-refractivity contribution in [1.29, 1.82) is 0 Å². The van der Waals surface area contributed by atoms with Gasteiger partial charge in [-0.2, -0.15) is 0 Å². The molecule has 0 aliphatic carbocycles. The molecule has 34 heavy (non-hydrogen) atoms. The van der Waals surface area contributed by atoms with Crippen LogP contribution in [0.25, 0.3) is 11.5 Å². The van der Waals surface area contributed by atoms with E-state index in [2.05, 4.69) is 15.0 Å². The molecule has 8 nitrogen and oxygen atoms in total. The molecular weight excluding hydrogens is 428 g/mol. The van der Waals surface area contributed by atoms with Gasteiger partial charge in [-0.25, -0.2) is 9.97 Å². The number of rotatable bonds is 6. The van der Waals surface area contributed by atoms with Crippen molar-refractivity contribution >= 4 is 5.91 Å². The van der Waals surface area contributed by atoms with Crippen LogP contribution in [0.1, 0.15) is 46.2 Å². The van der Waals surface area contributed by atoms with Crippen molar-refractivity contribution in [3.63, 3.8) is 0 Å². The lowest BCUT2D eigenvalue weighted by atomic mass is 10.1. The fourth-order valence-electron chi connectivity index (χ4n) is 4.44. The number of imidazole rings is 1. The summed E-state index contributed by atoms with van der Waals surface area (Å²) < 4.78 is 7.34. The van der Waals surface area contributed by atoms with Crippen molar-refractivity contribution in [2.75, 3.05) is 13.7 Å². The van der Waals surface area contributed by atoms with E-state index in [9.17, 15) is 4.79 Å². The lowest BCUT2D eigenvalue weighted by Crippen LogP contribution is -2.31. The summed E-state index contributed by atoms with van der Waals surface area (Å²) in [5, 5.41) is 0. The van der Waals surface area contributed by atoms with Gasteiger partial charge in [0, 0.05) is 49.9 Å². The minimum absolute atomic E-state index is 0.0389. The number of aromatic nitrogens is 5. The lowest BCUT2D eigenvalue weighted by Gasteiger charge is -2.24. The van der Waals surface area contributed by atoms with Gasteiger partial charge in [0.05, 0.1) is 36.8 Å². The molecule has 1 saturated heterocycles. The predicted octanol–water partition coefficient (Wildman–Crippen LogP) is 3.85. The second kappa shape index (κ2) is 9.43. The van der Waals surface area contributed by atoms with Crippen LogP contribution in [0.4, 0.5) is 0 Å². The zero-order chi connectivity index (χ0) is 23.5. The first-order chi connectivity index (χ1) is 16.6. The number of carbonyl (C=O) groups is 1. The van der Waals surface area contributed by atoms with Gasteiger partial charge < -0.3 is 14.2 Å². The molecule has 0 saturated carbocycles. The molecule has 0 radical (unpaired) electrons. The fraction of sp³-hybridized carbons (Fsp3) is 0.269. The highest BCUT2D eigenvalue weighted by atomic mass is 16.5. The summed E-state index contributed by atoms with van der Waals surface area (Å²) in [5.74, 6) is 1.54. The molecule has 4 aromatic rings. The summed E-state index contributed by atoms with van der Waals surface area (Å²) in [4.78, 5) is 33.3. The number of nitrogens with zero attached hydrogens (tertiary/aromatic N) is 6. The number of para-hydroxylation sites is 1. The summed E-state index contributed by atoms with van der Waals surface area (Å²) in [5.41, 5.74) is 4.00. The van der Waals surface area contributed by atoms with Crippen LogP contribution in [0.5, 0.6) is 5.75 Å². The topological polar surface area (TPSA) is 86.0 Å². The number of hydrogen-bond donors (Lipinski definition) is 0. The Kier molecular flexibility index (Phi) is 6.03. The molecule has 172 valence electrons. The van der Waals surface area contributed by atoms with E-state index in [0.717, 1.165) is 41.4 Å². The van der Waals surface area contributed by atoms with Gasteiger partial charge in [0.1, 0.15) is 11.4 Å². The van der Waals surface area contributed by atoms with Crippen LogP contribution in [0.2, 0.25) is 0 Å². The number of ether oxygens (including phenoxy) is 1. The van der Waals surface area contributed by atoms with E-state index in [0.29, 0.717) is 24.2 Å². The summed E-state index contributed by atoms with van der Waals surface area (Å²) in [7, 11) is 3.59. The molecule has 1 fully saturated rings. The van der Waals surface area contributed by atoms with E-state index in [-0.39, 0.29) is 11.9 Å². The van der Waals surface area contributed by atoms with Crippen LogP contribution >= 0.6 is 0 Å². The smallest absolute Gasteiger partial charge is 0.255 e. The predicted molar refractivity (Wildman–Crippen MR) is 127 cm³/mol. The Morgan fingerprint density at radius 2 is 2.00 bits per heavy atom. The van der Waals surface area contributed by atoms with Gasteiger partial charge in [-0.15, -0.1) is 0 Å². The van der Waals surface area contributed by atoms with Crippen molar-refractivity contribution in [3.8, 4) is 17.3 Å². The first-order valence-corrected chi connectivity index (χ1v) is 11.3. The Balaban J connectivity index is 1.34. The maximum absolute atomic E-state index is 13.4. The van der Waals surface area contributed by atoms with E-state index in [1.54, 1.807) is 31.9 Å². The van der Waals surface area contributed by atoms with Crippen molar-refractivity contribution in [2.45, 2.75) is 25.3 Å². The number of benzene rings is 1. The van der Waals surface area contributed by atoms with Gasteiger partial charge in [0.2, 0.25) is 0 Å². The highest BCUT2D eigenvalue weighted by Gasteiger charge is 2.32. The summed E-state index contributed by atoms with van der Waals surface area (Å²) in [6, 6.07) is 11.5. The number of aryl methyl sites for hydroxylation is 1. The number of likely N-dealkylation sites (tertiary alicyclic amines) is 1. The van der Waals surface area contributed by atoms with E-state index in [1.807, 2.05) is 59.1 Å². The van der Waals surface area contributed by atoms with E-state index < -0.39 is 0 Å². The van der Waals surface area contributed by atoms with Gasteiger partial charge in [-0.3, -0.25) is 14.8 Å². The Labute approximate surface area is 198 Å². The molecule has 0 N–H and O–H groups in total. The number of methoxy groups -OCH3 is 1. The number of hydrogen-bond acceptors (Lipinski definition) is 6. The Morgan fingerprint density at radius 3 is 2.76 bits per heavy atom. The number of carbonyl (C=O) groups excluding carboxylic acids is 1. The highest BCUT2D eigenvalue weighted by molar-refractivity contribution is 5.94. The normalized spacial score (nSPS) is 15.5. The third-order valence-corrected chi connectivity index (χ3v) is 6.19. The second-order valence-electron chi connectivity index (χ2n) is 8.37. The second-order valence-corrected chi connectivity index (χ2v) is 8.37. The van der Waals surface area contributed by atoms with Crippen molar-refractivity contribution in [3.05, 3.63) is 89.9 Å². The van der Waals surface area contributed by atoms with Gasteiger partial charge >= 0.3 is 0 Å². The summed E-state index contributed by atoms with van der Waals surface area (Å²) >= 11 is 0. The number of pyridine rings is 1. The first-order valence-electron chi connectivity index (χ1n) is 11.3. The molecule has 1 aliphatic rings. The Morgan fingerprint density at radius 1 is 1.12 bits per heavy atom. The molecule has 1 unspecified atom stereocenters. The largest absolute Gasteiger partial charge is 0.496 e. The van der Waals surface area contributed by atoms with Crippen molar-refractivity contribution < 1.29 is 9.53 Å². The average Bonchev–Trinajstić information content (AvgIpc) is 3.54. The maximum Gasteiger partial charge on any atom is 0.255 e. The van der Waals surface area contributed by atoms with Gasteiger partial charge in [0.15, 0.2) is 5.82 Å². The number of amides is 1. The molecule has 5 rings (SSSR count). The van der Waals surface area contributed by atoms with Crippen LogP contribution in [-0.4, -0.2) is 49.0 Å². The van der Waals surface area contributed by atoms with Crippen LogP contribution in [0.15, 0.2) is 67.4 Å². The van der Waals surface area contributed by atoms with E-state index >= 15 is 0 Å². The summed E-state index contributed by atoms with van der Waals surface area (Å²) in [6.07, 6.45) is 11.1. The SMILES string of the molecule is COc1ccccc1Cc1ccc(C(=O)N2CCCC2c2cncc(-c3nccn3C)n2)cn1. The molecular formula is C26H26N6O2. The lowest BCUT2D eigenvalue weighted by molar-refractivity contribution is 0.0732. The average molecular weight is 455 g/mol. The third-order valence-electron chi connectivity index (χ3n) is 6.19. The van der Waals surface area contributed by atoms with Gasteiger partial charge in [-0.1, -0.05) is 18.2 Å². The highest BCUT2D eigenvalue weighted by Crippen LogP contribution is 2.32. The third kappa shape index (κ3) is 4.26. The Bertz CT molecular complexity index is 1300. The molecule has 8 heteroatoms. The molecule has 1 aliphatic heterocycles. The molecule has 1 aromatic carbocycles. The van der Waals surface area contributed by atoms with Crippen LogP contribution in [0.3, 0.4) is 0 Å². The zero-order valence-corrected chi connectivity index (χ0v) is 19.3.